The Balaban J connectivity index is 1.19. The van der Waals surface area contributed by atoms with E-state index in [2.05, 4.69) is 10.6 Å². The number of ether oxygens (including phenoxy) is 3. The Labute approximate surface area is 310 Å². The second-order valence-electron chi connectivity index (χ2n) is 15.0. The topological polar surface area (TPSA) is 144 Å². The second kappa shape index (κ2) is 15.9. The Kier molecular flexibility index (Phi) is 11.1. The third-order valence-corrected chi connectivity index (χ3v) is 13.9. The molecule has 2 saturated carbocycles. The van der Waals surface area contributed by atoms with Gasteiger partial charge in [0.1, 0.15) is 41.1 Å². The van der Waals surface area contributed by atoms with Crippen LogP contribution in [0.5, 0.6) is 11.5 Å². The van der Waals surface area contributed by atoms with Crippen LogP contribution in [0.25, 0.3) is 10.8 Å². The van der Waals surface area contributed by atoms with Gasteiger partial charge in [-0.15, -0.1) is 0 Å². The predicted molar refractivity (Wildman–Crippen MR) is 202 cm³/mol. The molecule has 11 nitrogen and oxygen atoms in total. The molecular weight excluding hydrogens is 693 g/mol. The van der Waals surface area contributed by atoms with Crippen LogP contribution < -0.4 is 20.1 Å². The minimum atomic E-state index is -4.00. The molecule has 0 aromatic heterocycles. The molecule has 6 atom stereocenters. The summed E-state index contributed by atoms with van der Waals surface area (Å²) in [6.07, 6.45) is 10.2. The van der Waals surface area contributed by atoms with Crippen LogP contribution in [0.1, 0.15) is 76.2 Å². The van der Waals surface area contributed by atoms with Crippen LogP contribution in [-0.4, -0.2) is 70.9 Å². The van der Waals surface area contributed by atoms with Crippen molar-refractivity contribution in [2.75, 3.05) is 13.7 Å². The molecule has 2 aliphatic carbocycles. The maximum Gasteiger partial charge on any atom is 0.408 e. The first-order valence-corrected chi connectivity index (χ1v) is 20.9. The van der Waals surface area contributed by atoms with E-state index < -0.39 is 48.7 Å². The molecule has 0 bridgehead atoms. The number of carbonyl (C=O) groups excluding carboxylic acids is 3. The Morgan fingerprint density at radius 3 is 2.57 bits per heavy atom. The lowest BCUT2D eigenvalue weighted by atomic mass is 10.0. The van der Waals surface area contributed by atoms with Gasteiger partial charge in [0.15, 0.2) is 0 Å². The highest BCUT2D eigenvalue weighted by molar-refractivity contribution is 7.59. The number of hydrogen-bond acceptors (Lipinski definition) is 7. The van der Waals surface area contributed by atoms with Crippen LogP contribution in [0.2, 0.25) is 0 Å². The third-order valence-electron chi connectivity index (χ3n) is 11.3. The van der Waals surface area contributed by atoms with Crippen LogP contribution >= 0.6 is 7.37 Å². The van der Waals surface area contributed by atoms with Crippen molar-refractivity contribution in [3.05, 3.63) is 84.4 Å². The molecule has 0 spiro atoms. The zero-order valence-electron chi connectivity index (χ0n) is 30.3. The Morgan fingerprint density at radius 2 is 1.77 bits per heavy atom. The van der Waals surface area contributed by atoms with Crippen molar-refractivity contribution in [1.82, 2.24) is 15.5 Å². The Hall–Kier alpha value is -4.34. The third kappa shape index (κ3) is 8.26. The van der Waals surface area contributed by atoms with Crippen LogP contribution in [0.15, 0.2) is 78.9 Å². The number of amides is 3. The summed E-state index contributed by atoms with van der Waals surface area (Å²) in [5.74, 6) is 0.0956. The molecule has 3 fully saturated rings. The van der Waals surface area contributed by atoms with Gasteiger partial charge in [-0.2, -0.15) is 0 Å². The molecule has 0 radical (unpaired) electrons. The SMILES string of the molecule is COc1ccc2c(O[C@@H]3C[C@H]4C(=O)N[C@]5(P(=O)(O)Cc6ccccc6)C[C@@H]5/C=C\CCCCC[C@H](NC(=O)OC5CCCC5)C(=O)N4C3)cccc2c1. The molecular formula is C41H50N3O8P. The van der Waals surface area contributed by atoms with Crippen molar-refractivity contribution in [3.63, 3.8) is 0 Å². The van der Waals surface area contributed by atoms with Crippen LogP contribution in [0.3, 0.4) is 0 Å². The fourth-order valence-corrected chi connectivity index (χ4v) is 10.6. The summed E-state index contributed by atoms with van der Waals surface area (Å²) < 4.78 is 32.0. The normalized spacial score (nSPS) is 28.4. The summed E-state index contributed by atoms with van der Waals surface area (Å²) in [6.45, 7) is 0.0937. The maximum absolute atomic E-state index is 14.6. The molecule has 4 aliphatic rings. The van der Waals surface area contributed by atoms with Crippen LogP contribution in [-0.2, 0) is 25.1 Å². The highest BCUT2D eigenvalue weighted by Gasteiger charge is 2.66. The van der Waals surface area contributed by atoms with Crippen LogP contribution in [0, 0.1) is 5.92 Å². The van der Waals surface area contributed by atoms with E-state index in [1.807, 2.05) is 78.9 Å². The van der Waals surface area contributed by atoms with Crippen molar-refractivity contribution >= 4 is 36.0 Å². The highest BCUT2D eigenvalue weighted by Crippen LogP contribution is 2.71. The smallest absolute Gasteiger partial charge is 0.408 e. The summed E-state index contributed by atoms with van der Waals surface area (Å²) in [7, 11) is -2.39. The van der Waals surface area contributed by atoms with Crippen molar-refractivity contribution in [3.8, 4) is 11.5 Å². The Bertz CT molecular complexity index is 1880. The number of hydrogen-bond donors (Lipinski definition) is 3. The lowest BCUT2D eigenvalue weighted by molar-refractivity contribution is -0.140. The molecule has 2 aliphatic heterocycles. The monoisotopic (exact) mass is 743 g/mol. The quantitative estimate of drug-likeness (QED) is 0.165. The van der Waals surface area contributed by atoms with Gasteiger partial charge < -0.3 is 34.6 Å². The standard InChI is InChI=1S/C41H50N3O8P/c1-50-32-21-22-34-29(23-32)15-12-20-37(34)51-33-24-36-38(45)43-41(53(48,49)27-28-13-6-5-7-14-28)25-30(41)16-8-3-2-4-9-19-35(39(46)44(36)26-33)42-40(47)52-31-17-10-11-18-31/h5-8,12-16,20-23,30-31,33,35-36H,2-4,9-11,17-19,24-27H2,1H3,(H,42,47)(H,43,45)(H,48,49)/b16-8-/t30-,33+,35-,36-,41-/m0/s1. The van der Waals surface area contributed by atoms with Crippen molar-refractivity contribution < 1.29 is 38.1 Å². The van der Waals surface area contributed by atoms with Gasteiger partial charge in [0, 0.05) is 17.7 Å². The van der Waals surface area contributed by atoms with E-state index in [4.69, 9.17) is 14.2 Å². The minimum absolute atomic E-state index is 0.0848. The predicted octanol–water partition coefficient (Wildman–Crippen LogP) is 7.06. The molecule has 53 heavy (non-hydrogen) atoms. The van der Waals surface area contributed by atoms with E-state index in [1.165, 1.54) is 4.90 Å². The minimum Gasteiger partial charge on any atom is -0.497 e. The highest BCUT2D eigenvalue weighted by atomic mass is 31.2. The molecule has 3 aromatic carbocycles. The van der Waals surface area contributed by atoms with Crippen molar-refractivity contribution in [2.24, 2.45) is 5.92 Å². The average molecular weight is 744 g/mol. The lowest BCUT2D eigenvalue weighted by Gasteiger charge is -2.31. The number of benzene rings is 3. The number of alkyl carbamates (subject to hydrolysis) is 1. The summed E-state index contributed by atoms with van der Waals surface area (Å²) in [5, 5.41) is 6.31. The van der Waals surface area contributed by atoms with Crippen molar-refractivity contribution in [1.29, 1.82) is 0 Å². The van der Waals surface area contributed by atoms with E-state index in [0.717, 1.165) is 55.7 Å². The molecule has 3 aromatic rings. The number of carbonyl (C=O) groups is 3. The van der Waals surface area contributed by atoms with Gasteiger partial charge in [-0.1, -0.05) is 67.5 Å². The second-order valence-corrected chi connectivity index (χ2v) is 17.5. The number of allylic oxidation sites excluding steroid dienone is 1. The van der Waals surface area contributed by atoms with Crippen LogP contribution in [0.4, 0.5) is 4.79 Å². The van der Waals surface area contributed by atoms with Gasteiger partial charge in [-0.3, -0.25) is 14.2 Å². The van der Waals surface area contributed by atoms with E-state index in [9.17, 15) is 23.8 Å². The fourth-order valence-electron chi connectivity index (χ4n) is 8.26. The zero-order valence-corrected chi connectivity index (χ0v) is 31.2. The fraction of sp³-hybridized carbons (Fsp3) is 0.488. The van der Waals surface area contributed by atoms with E-state index >= 15 is 0 Å². The molecule has 7 rings (SSSR count). The number of nitrogens with one attached hydrogen (secondary N) is 2. The first-order valence-electron chi connectivity index (χ1n) is 19.0. The number of methoxy groups -OCH3 is 1. The number of rotatable bonds is 8. The summed E-state index contributed by atoms with van der Waals surface area (Å²) >= 11 is 0. The average Bonchev–Trinajstić information content (AvgIpc) is 3.42. The lowest BCUT2D eigenvalue weighted by Crippen LogP contribution is -2.55. The van der Waals surface area contributed by atoms with E-state index in [0.29, 0.717) is 36.3 Å². The van der Waals surface area contributed by atoms with Crippen molar-refractivity contribution in [2.45, 2.75) is 106 Å². The first-order chi connectivity index (χ1) is 25.7. The Morgan fingerprint density at radius 1 is 0.981 bits per heavy atom. The van der Waals surface area contributed by atoms with E-state index in [1.54, 1.807) is 7.11 Å². The summed E-state index contributed by atoms with van der Waals surface area (Å²) in [5.41, 5.74) is 0.713. The number of nitrogens with zero attached hydrogens (tertiary/aromatic N) is 1. The largest absolute Gasteiger partial charge is 0.497 e. The van der Waals surface area contributed by atoms with Gasteiger partial charge in [-0.05, 0) is 86.6 Å². The van der Waals surface area contributed by atoms with Gasteiger partial charge in [-0.25, -0.2) is 4.79 Å². The number of fused-ring (bicyclic) bond motifs is 3. The molecule has 3 N–H and O–H groups in total. The molecule has 12 heteroatoms. The molecule has 3 amide bonds. The van der Waals surface area contributed by atoms with Gasteiger partial charge in [0.05, 0.1) is 19.8 Å². The molecule has 2 heterocycles. The maximum atomic E-state index is 14.6. The first kappa shape index (κ1) is 37.0. The molecule has 1 saturated heterocycles. The summed E-state index contributed by atoms with van der Waals surface area (Å²) in [4.78, 5) is 55.4. The molecule has 282 valence electrons. The van der Waals surface area contributed by atoms with Gasteiger partial charge in [0.25, 0.3) is 0 Å². The van der Waals surface area contributed by atoms with Gasteiger partial charge in [0.2, 0.25) is 19.2 Å². The van der Waals surface area contributed by atoms with Gasteiger partial charge >= 0.3 is 6.09 Å². The zero-order chi connectivity index (χ0) is 37.0. The molecule has 1 unspecified atom stereocenters. The summed E-state index contributed by atoms with van der Waals surface area (Å²) in [6, 6.07) is 18.6. The van der Waals surface area contributed by atoms with E-state index in [-0.39, 0.29) is 31.1 Å².